The first-order valence-corrected chi connectivity index (χ1v) is 13.5. The van der Waals surface area contributed by atoms with Crippen LogP contribution in [-0.2, 0) is 33.0 Å². The molecule has 35 heavy (non-hydrogen) atoms. The van der Waals surface area contributed by atoms with E-state index in [1.165, 1.54) is 5.56 Å². The van der Waals surface area contributed by atoms with Gasteiger partial charge in [-0.05, 0) is 47.2 Å². The highest BCUT2D eigenvalue weighted by molar-refractivity contribution is 7.47. The summed E-state index contributed by atoms with van der Waals surface area (Å²) in [6.45, 7) is 2.49. The van der Waals surface area contributed by atoms with E-state index in [1.807, 2.05) is 78.9 Å². The number of rotatable bonds is 10. The minimum Gasteiger partial charge on any atom is -0.325 e. The summed E-state index contributed by atoms with van der Waals surface area (Å²) in [5.41, 5.74) is 4.63. The number of phosphoric acid groups is 1. The van der Waals surface area contributed by atoms with Crippen molar-refractivity contribution in [1.29, 1.82) is 0 Å². The fourth-order valence-corrected chi connectivity index (χ4v) is 5.27. The number of unbranched alkanes of at least 4 members (excludes halogenated alkanes) is 1. The highest BCUT2D eigenvalue weighted by atomic mass is 31.2. The van der Waals surface area contributed by atoms with Gasteiger partial charge in [0.1, 0.15) is 0 Å². The van der Waals surface area contributed by atoms with Crippen molar-refractivity contribution >= 4 is 13.7 Å². The molecule has 0 fully saturated rings. The third-order valence-corrected chi connectivity index (χ3v) is 7.46. The van der Waals surface area contributed by atoms with Crippen molar-refractivity contribution in [2.75, 3.05) is 7.11 Å². The van der Waals surface area contributed by atoms with Crippen LogP contribution in [0.2, 0.25) is 0 Å². The van der Waals surface area contributed by atoms with Crippen LogP contribution in [0.4, 0.5) is 0 Å². The van der Waals surface area contributed by atoms with Crippen molar-refractivity contribution in [2.24, 2.45) is 0 Å². The normalized spacial score (nSPS) is 18.6. The molecule has 4 rings (SSSR count). The topological polar surface area (TPSA) is 76.1 Å². The molecule has 3 aromatic carbocycles. The molecule has 0 aliphatic heterocycles. The average Bonchev–Trinajstić information content (AvgIpc) is 3.23. The Morgan fingerprint density at radius 2 is 1.69 bits per heavy atom. The Hall–Kier alpha value is -2.76. The molecule has 3 aromatic rings. The number of aryl methyl sites for hydroxylation is 1. The molecule has 1 amide bonds. The van der Waals surface area contributed by atoms with Crippen LogP contribution in [0.3, 0.4) is 0 Å². The average molecular weight is 494 g/mol. The smallest absolute Gasteiger partial charge is 0.325 e. The van der Waals surface area contributed by atoms with E-state index in [0.717, 1.165) is 43.1 Å². The van der Waals surface area contributed by atoms with Gasteiger partial charge in [0, 0.05) is 25.6 Å². The Labute approximate surface area is 207 Å². The van der Waals surface area contributed by atoms with Gasteiger partial charge in [-0.2, -0.15) is 0 Å². The van der Waals surface area contributed by atoms with E-state index in [-0.39, 0.29) is 5.91 Å². The number of hydrogen-bond acceptors (Lipinski definition) is 4. The van der Waals surface area contributed by atoms with E-state index < -0.39 is 20.0 Å². The maximum Gasteiger partial charge on any atom is 0.472 e. The quantitative estimate of drug-likeness (QED) is 0.345. The summed E-state index contributed by atoms with van der Waals surface area (Å²) >= 11 is 0. The number of phosphoric ester groups is 1. The van der Waals surface area contributed by atoms with E-state index in [0.29, 0.717) is 18.5 Å². The minimum absolute atomic E-state index is 0.156. The van der Waals surface area contributed by atoms with Gasteiger partial charge < -0.3 is 9.79 Å². The van der Waals surface area contributed by atoms with Crippen LogP contribution in [0.1, 0.15) is 58.4 Å². The lowest BCUT2D eigenvalue weighted by molar-refractivity contribution is 0.0335. The molecule has 0 saturated heterocycles. The summed E-state index contributed by atoms with van der Waals surface area (Å²) in [6.07, 6.45) is 2.88. The predicted octanol–water partition coefficient (Wildman–Crippen LogP) is 6.10. The zero-order valence-corrected chi connectivity index (χ0v) is 21.1. The first-order valence-electron chi connectivity index (χ1n) is 12.0. The second kappa shape index (κ2) is 11.3. The molecule has 0 aromatic heterocycles. The number of fused-ring (bicyclic) bond motifs is 1. The van der Waals surface area contributed by atoms with Gasteiger partial charge in [0.05, 0.1) is 12.1 Å². The maximum absolute atomic E-state index is 14.0. The van der Waals surface area contributed by atoms with Gasteiger partial charge in [0.2, 0.25) is 0 Å². The van der Waals surface area contributed by atoms with Gasteiger partial charge in [-0.1, -0.05) is 80.1 Å². The Balaban J connectivity index is 1.72. The molecule has 1 N–H and O–H groups in total. The van der Waals surface area contributed by atoms with Crippen LogP contribution in [0.25, 0.3) is 0 Å². The van der Waals surface area contributed by atoms with Crippen molar-refractivity contribution in [3.05, 3.63) is 107 Å². The molecular formula is C28H32NO5P. The van der Waals surface area contributed by atoms with Gasteiger partial charge in [-0.3, -0.25) is 13.8 Å². The van der Waals surface area contributed by atoms with Gasteiger partial charge in [-0.15, -0.1) is 0 Å². The monoisotopic (exact) mass is 493 g/mol. The van der Waals surface area contributed by atoms with Gasteiger partial charge in [-0.25, -0.2) is 4.57 Å². The fraction of sp³-hybridized carbons (Fsp3) is 0.321. The number of nitrogens with zero attached hydrogens (tertiary/aromatic N) is 1. The molecule has 184 valence electrons. The molecule has 3 unspecified atom stereocenters. The lowest BCUT2D eigenvalue weighted by Gasteiger charge is -2.34. The highest BCUT2D eigenvalue weighted by Gasteiger charge is 2.43. The van der Waals surface area contributed by atoms with Crippen molar-refractivity contribution in [3.63, 3.8) is 0 Å². The van der Waals surface area contributed by atoms with Crippen LogP contribution in [0, 0.1) is 0 Å². The molecule has 0 heterocycles. The summed E-state index contributed by atoms with van der Waals surface area (Å²) in [5, 5.41) is 0. The second-order valence-electron chi connectivity index (χ2n) is 8.86. The van der Waals surface area contributed by atoms with Crippen molar-refractivity contribution in [3.8, 4) is 0 Å². The number of hydrogen-bond donors (Lipinski definition) is 1. The molecule has 1 aliphatic rings. The SMILES string of the molecule is CCCCc1ccc(C(=O)N(Cc2ccccc2)C2c3ccccc3CC2OP(=O)(O)OC)cc1. The summed E-state index contributed by atoms with van der Waals surface area (Å²) in [6, 6.07) is 24.7. The maximum atomic E-state index is 14.0. The molecule has 1 aliphatic carbocycles. The molecule has 0 saturated carbocycles. The third-order valence-electron chi connectivity index (χ3n) is 6.46. The van der Waals surface area contributed by atoms with Crippen LogP contribution < -0.4 is 0 Å². The first-order chi connectivity index (χ1) is 16.9. The van der Waals surface area contributed by atoms with Crippen molar-refractivity contribution in [2.45, 2.75) is 51.3 Å². The zero-order valence-electron chi connectivity index (χ0n) is 20.2. The Kier molecular flexibility index (Phi) is 8.19. The number of carbonyl (C=O) groups excluding carboxylic acids is 1. The summed E-state index contributed by atoms with van der Waals surface area (Å²) < 4.78 is 22.7. The third kappa shape index (κ3) is 6.09. The fourth-order valence-electron chi connectivity index (χ4n) is 4.65. The molecular weight excluding hydrogens is 461 g/mol. The Morgan fingerprint density at radius 3 is 2.37 bits per heavy atom. The molecule has 3 atom stereocenters. The Morgan fingerprint density at radius 1 is 1.00 bits per heavy atom. The first kappa shape index (κ1) is 25.3. The standard InChI is InChI=1S/C28H32NO5P/c1-3-4-10-21-15-17-23(18-16-21)28(30)29(20-22-11-6-5-7-12-22)27-25-14-9-8-13-24(25)19-26(27)34-35(31,32)33-2/h5-9,11-18,26-27H,3-4,10,19-20H2,1-2H3,(H,31,32). The number of carbonyl (C=O) groups is 1. The van der Waals surface area contributed by atoms with Crippen LogP contribution in [0.15, 0.2) is 78.9 Å². The van der Waals surface area contributed by atoms with Gasteiger partial charge >= 0.3 is 7.82 Å². The van der Waals surface area contributed by atoms with E-state index in [1.54, 1.807) is 4.90 Å². The summed E-state index contributed by atoms with van der Waals surface area (Å²) in [7, 11) is -3.12. The molecule has 0 spiro atoms. The number of benzene rings is 3. The minimum atomic E-state index is -4.27. The van der Waals surface area contributed by atoms with E-state index in [2.05, 4.69) is 6.92 Å². The lowest BCUT2D eigenvalue weighted by atomic mass is 10.0. The lowest BCUT2D eigenvalue weighted by Crippen LogP contribution is -2.39. The largest absolute Gasteiger partial charge is 0.472 e. The summed E-state index contributed by atoms with van der Waals surface area (Å²) in [5.74, 6) is -0.156. The van der Waals surface area contributed by atoms with Gasteiger partial charge in [0.25, 0.3) is 5.91 Å². The molecule has 6 nitrogen and oxygen atoms in total. The van der Waals surface area contributed by atoms with E-state index in [4.69, 9.17) is 9.05 Å². The van der Waals surface area contributed by atoms with E-state index in [9.17, 15) is 14.3 Å². The van der Waals surface area contributed by atoms with Crippen molar-refractivity contribution < 1.29 is 23.3 Å². The zero-order chi connectivity index (χ0) is 24.8. The van der Waals surface area contributed by atoms with Crippen LogP contribution in [0.5, 0.6) is 0 Å². The number of amides is 1. The second-order valence-corrected chi connectivity index (χ2v) is 10.4. The van der Waals surface area contributed by atoms with Crippen molar-refractivity contribution in [1.82, 2.24) is 4.90 Å². The van der Waals surface area contributed by atoms with Gasteiger partial charge in [0.15, 0.2) is 0 Å². The molecule has 7 heteroatoms. The molecule has 0 bridgehead atoms. The van der Waals surface area contributed by atoms with Crippen LogP contribution >= 0.6 is 7.82 Å². The molecule has 0 radical (unpaired) electrons. The Bertz CT molecular complexity index is 1180. The highest BCUT2D eigenvalue weighted by Crippen LogP contribution is 2.50. The van der Waals surface area contributed by atoms with E-state index >= 15 is 0 Å². The predicted molar refractivity (Wildman–Crippen MR) is 136 cm³/mol. The van der Waals surface area contributed by atoms with Crippen LogP contribution in [-0.4, -0.2) is 28.9 Å². The summed E-state index contributed by atoms with van der Waals surface area (Å²) in [4.78, 5) is 25.8.